The van der Waals surface area contributed by atoms with Gasteiger partial charge in [-0.3, -0.25) is 19.8 Å². The van der Waals surface area contributed by atoms with E-state index in [2.05, 4.69) is 20.4 Å². The monoisotopic (exact) mass is 383 g/mol. The van der Waals surface area contributed by atoms with E-state index >= 15 is 0 Å². The molecule has 1 aliphatic rings. The molecule has 4 rings (SSSR count). The van der Waals surface area contributed by atoms with Crippen LogP contribution in [0.15, 0.2) is 46.9 Å². The van der Waals surface area contributed by atoms with Crippen LogP contribution in [0.1, 0.15) is 16.4 Å². The second kappa shape index (κ2) is 7.56. The number of para-hydroxylation sites is 1. The number of nitro groups is 1. The average Bonchev–Trinajstić information content (AvgIpc) is 3.39. The number of nitrogens with zero attached hydrogens (tertiary/aromatic N) is 7. The molecule has 0 radical (unpaired) electrons. The molecule has 0 spiro atoms. The first kappa shape index (κ1) is 17.8. The summed E-state index contributed by atoms with van der Waals surface area (Å²) >= 11 is 0. The summed E-state index contributed by atoms with van der Waals surface area (Å²) in [4.78, 5) is 26.3. The van der Waals surface area contributed by atoms with Gasteiger partial charge in [0.1, 0.15) is 4.92 Å². The van der Waals surface area contributed by atoms with Gasteiger partial charge in [-0.25, -0.2) is 0 Å². The average molecular weight is 383 g/mol. The van der Waals surface area contributed by atoms with Gasteiger partial charge < -0.3 is 9.32 Å². The van der Waals surface area contributed by atoms with Crippen LogP contribution in [-0.4, -0.2) is 67.0 Å². The highest BCUT2D eigenvalue weighted by Gasteiger charge is 2.26. The van der Waals surface area contributed by atoms with Gasteiger partial charge in [0.05, 0.1) is 18.3 Å². The van der Waals surface area contributed by atoms with Crippen LogP contribution in [0.3, 0.4) is 0 Å². The second-order valence-electron chi connectivity index (χ2n) is 6.31. The van der Waals surface area contributed by atoms with Crippen LogP contribution in [0.4, 0.5) is 5.88 Å². The van der Waals surface area contributed by atoms with Gasteiger partial charge in [0, 0.05) is 26.2 Å². The number of benzene rings is 1. The van der Waals surface area contributed by atoms with Gasteiger partial charge in [-0.1, -0.05) is 18.2 Å². The van der Waals surface area contributed by atoms with Gasteiger partial charge in [-0.2, -0.15) is 4.68 Å². The quantitative estimate of drug-likeness (QED) is 0.474. The molecule has 2 aromatic heterocycles. The first-order chi connectivity index (χ1) is 13.6. The summed E-state index contributed by atoms with van der Waals surface area (Å²) in [7, 11) is 0. The number of carbonyl (C=O) groups is 1. The Bertz CT molecular complexity index is 976. The molecule has 0 saturated carbocycles. The number of amides is 1. The van der Waals surface area contributed by atoms with E-state index in [0.29, 0.717) is 38.5 Å². The zero-order valence-corrected chi connectivity index (χ0v) is 14.8. The number of tetrazole rings is 1. The highest BCUT2D eigenvalue weighted by atomic mass is 16.6. The summed E-state index contributed by atoms with van der Waals surface area (Å²) < 4.78 is 6.70. The highest BCUT2D eigenvalue weighted by molar-refractivity contribution is 5.91. The van der Waals surface area contributed by atoms with E-state index in [0.717, 1.165) is 5.69 Å². The molecule has 0 aliphatic carbocycles. The Kier molecular flexibility index (Phi) is 4.81. The maximum atomic E-state index is 12.5. The van der Waals surface area contributed by atoms with Crippen molar-refractivity contribution in [2.75, 3.05) is 26.2 Å². The number of hydrogen-bond donors (Lipinski definition) is 0. The predicted octanol–water partition coefficient (Wildman–Crippen LogP) is 1.12. The van der Waals surface area contributed by atoms with Crippen LogP contribution in [-0.2, 0) is 6.54 Å². The van der Waals surface area contributed by atoms with Crippen molar-refractivity contribution in [3.8, 4) is 5.69 Å². The van der Waals surface area contributed by atoms with E-state index in [1.54, 1.807) is 9.58 Å². The Morgan fingerprint density at radius 1 is 1.11 bits per heavy atom. The molecule has 11 nitrogen and oxygen atoms in total. The van der Waals surface area contributed by atoms with E-state index in [-0.39, 0.29) is 11.7 Å². The van der Waals surface area contributed by atoms with Crippen LogP contribution in [0.2, 0.25) is 0 Å². The SMILES string of the molecule is O=C(c1ccc([N+](=O)[O-])o1)N1CCN(Cc2nnnn2-c2ccccc2)CC1. The fraction of sp³-hybridized carbons (Fsp3) is 0.294. The number of hydrogen-bond acceptors (Lipinski definition) is 8. The summed E-state index contributed by atoms with van der Waals surface area (Å²) in [5, 5.41) is 22.6. The number of rotatable bonds is 5. The van der Waals surface area contributed by atoms with E-state index in [4.69, 9.17) is 4.42 Å². The molecule has 1 aromatic carbocycles. The fourth-order valence-corrected chi connectivity index (χ4v) is 3.08. The Labute approximate surface area is 159 Å². The van der Waals surface area contributed by atoms with Crippen molar-refractivity contribution >= 4 is 11.8 Å². The van der Waals surface area contributed by atoms with Gasteiger partial charge in [-0.05, 0) is 28.6 Å². The number of furan rings is 1. The van der Waals surface area contributed by atoms with E-state index in [9.17, 15) is 14.9 Å². The minimum atomic E-state index is -0.661. The molecular weight excluding hydrogens is 366 g/mol. The topological polar surface area (TPSA) is 123 Å². The zero-order chi connectivity index (χ0) is 19.5. The summed E-state index contributed by atoms with van der Waals surface area (Å²) in [6, 6.07) is 12.2. The molecule has 144 valence electrons. The second-order valence-corrected chi connectivity index (χ2v) is 6.31. The van der Waals surface area contributed by atoms with Crippen LogP contribution < -0.4 is 0 Å². The standard InChI is InChI=1S/C17H17N7O4/c25-17(14-6-7-16(28-14)24(26)27)22-10-8-21(9-11-22)12-15-18-19-20-23(15)13-4-2-1-3-5-13/h1-7H,8-12H2. The first-order valence-electron chi connectivity index (χ1n) is 8.70. The first-order valence-corrected chi connectivity index (χ1v) is 8.70. The molecule has 28 heavy (non-hydrogen) atoms. The van der Waals surface area contributed by atoms with Crippen molar-refractivity contribution in [1.82, 2.24) is 30.0 Å². The van der Waals surface area contributed by atoms with Gasteiger partial charge >= 0.3 is 5.88 Å². The molecule has 0 N–H and O–H groups in total. The number of piperazine rings is 1. The predicted molar refractivity (Wildman–Crippen MR) is 95.7 cm³/mol. The minimum Gasteiger partial charge on any atom is -0.395 e. The molecule has 3 aromatic rings. The van der Waals surface area contributed by atoms with Crippen molar-refractivity contribution < 1.29 is 14.1 Å². The molecular formula is C17H17N7O4. The van der Waals surface area contributed by atoms with Gasteiger partial charge in [0.25, 0.3) is 5.91 Å². The molecule has 0 bridgehead atoms. The third-order valence-electron chi connectivity index (χ3n) is 4.54. The number of carbonyl (C=O) groups excluding carboxylic acids is 1. The smallest absolute Gasteiger partial charge is 0.395 e. The van der Waals surface area contributed by atoms with E-state index in [1.807, 2.05) is 30.3 Å². The molecule has 0 atom stereocenters. The minimum absolute atomic E-state index is 0.0202. The van der Waals surface area contributed by atoms with Crippen molar-refractivity contribution in [2.45, 2.75) is 6.54 Å². The maximum Gasteiger partial charge on any atom is 0.433 e. The molecule has 1 aliphatic heterocycles. The lowest BCUT2D eigenvalue weighted by molar-refractivity contribution is -0.402. The van der Waals surface area contributed by atoms with Crippen LogP contribution in [0.25, 0.3) is 5.69 Å². The van der Waals surface area contributed by atoms with Crippen molar-refractivity contribution in [3.05, 3.63) is 64.2 Å². The third-order valence-corrected chi connectivity index (χ3v) is 4.54. The van der Waals surface area contributed by atoms with Crippen LogP contribution in [0, 0.1) is 10.1 Å². The Hall–Kier alpha value is -3.60. The summed E-state index contributed by atoms with van der Waals surface area (Å²) in [5.41, 5.74) is 0.885. The Morgan fingerprint density at radius 2 is 1.86 bits per heavy atom. The molecule has 11 heteroatoms. The summed E-state index contributed by atoms with van der Waals surface area (Å²) in [6.45, 7) is 2.79. The third kappa shape index (κ3) is 3.60. The highest BCUT2D eigenvalue weighted by Crippen LogP contribution is 2.18. The lowest BCUT2D eigenvalue weighted by Gasteiger charge is -2.33. The normalized spacial score (nSPS) is 14.9. The zero-order valence-electron chi connectivity index (χ0n) is 14.8. The van der Waals surface area contributed by atoms with Crippen LogP contribution >= 0.6 is 0 Å². The molecule has 1 fully saturated rings. The molecule has 1 saturated heterocycles. The van der Waals surface area contributed by atoms with Gasteiger partial charge in [0.15, 0.2) is 11.6 Å². The largest absolute Gasteiger partial charge is 0.433 e. The molecule has 1 amide bonds. The Balaban J connectivity index is 1.37. The van der Waals surface area contributed by atoms with E-state index in [1.165, 1.54) is 12.1 Å². The lowest BCUT2D eigenvalue weighted by atomic mass is 10.2. The van der Waals surface area contributed by atoms with Gasteiger partial charge in [0.2, 0.25) is 0 Å². The van der Waals surface area contributed by atoms with Crippen molar-refractivity contribution in [1.29, 1.82) is 0 Å². The molecule has 3 heterocycles. The van der Waals surface area contributed by atoms with Crippen molar-refractivity contribution in [3.63, 3.8) is 0 Å². The van der Waals surface area contributed by atoms with Gasteiger partial charge in [-0.15, -0.1) is 5.10 Å². The molecule has 0 unspecified atom stereocenters. The van der Waals surface area contributed by atoms with Crippen LogP contribution in [0.5, 0.6) is 0 Å². The summed E-state index contributed by atoms with van der Waals surface area (Å²) in [5.74, 6) is -0.0857. The Morgan fingerprint density at radius 3 is 2.54 bits per heavy atom. The van der Waals surface area contributed by atoms with E-state index < -0.39 is 10.8 Å². The maximum absolute atomic E-state index is 12.5. The summed E-state index contributed by atoms with van der Waals surface area (Å²) in [6.07, 6.45) is 0. The van der Waals surface area contributed by atoms with Crippen molar-refractivity contribution in [2.24, 2.45) is 0 Å². The number of aromatic nitrogens is 4. The fourth-order valence-electron chi connectivity index (χ4n) is 3.08. The lowest BCUT2D eigenvalue weighted by Crippen LogP contribution is -2.48.